The summed E-state index contributed by atoms with van der Waals surface area (Å²) < 4.78 is 2.57. The molecule has 0 saturated carbocycles. The molecular formula is C10H15BrN2O. The summed E-state index contributed by atoms with van der Waals surface area (Å²) in [4.78, 5) is 11.8. The minimum Gasteiger partial charge on any atom is -0.292 e. The van der Waals surface area contributed by atoms with Crippen molar-refractivity contribution in [3.05, 3.63) is 16.4 Å². The van der Waals surface area contributed by atoms with Crippen LogP contribution in [0.5, 0.6) is 0 Å². The Kier molecular flexibility index (Phi) is 3.86. The fourth-order valence-electron chi connectivity index (χ4n) is 1.26. The van der Waals surface area contributed by atoms with Crippen LogP contribution in [-0.2, 0) is 6.54 Å². The normalized spacial score (nSPS) is 10.9. The summed E-state index contributed by atoms with van der Waals surface area (Å²) in [6.07, 6.45) is 2.66. The molecule has 1 aromatic heterocycles. The van der Waals surface area contributed by atoms with E-state index >= 15 is 0 Å². The van der Waals surface area contributed by atoms with Crippen molar-refractivity contribution in [3.8, 4) is 0 Å². The van der Waals surface area contributed by atoms with Crippen molar-refractivity contribution in [1.82, 2.24) is 9.78 Å². The van der Waals surface area contributed by atoms with Gasteiger partial charge in [0.1, 0.15) is 5.69 Å². The number of hydrogen-bond donors (Lipinski definition) is 0. The molecular weight excluding hydrogens is 244 g/mol. The highest BCUT2D eigenvalue weighted by atomic mass is 79.9. The van der Waals surface area contributed by atoms with E-state index in [1.807, 2.05) is 13.8 Å². The van der Waals surface area contributed by atoms with Crippen molar-refractivity contribution in [2.75, 3.05) is 0 Å². The van der Waals surface area contributed by atoms with Crippen LogP contribution in [0, 0.1) is 5.92 Å². The van der Waals surface area contributed by atoms with Gasteiger partial charge in [0.25, 0.3) is 0 Å². The molecule has 78 valence electrons. The maximum Gasteiger partial charge on any atom is 0.184 e. The summed E-state index contributed by atoms with van der Waals surface area (Å²) in [6.45, 7) is 6.66. The van der Waals surface area contributed by atoms with E-state index in [1.54, 1.807) is 10.9 Å². The molecule has 0 aromatic carbocycles. The maximum absolute atomic E-state index is 11.8. The fourth-order valence-corrected chi connectivity index (χ4v) is 1.75. The summed E-state index contributed by atoms with van der Waals surface area (Å²) in [6, 6.07) is 0. The zero-order chi connectivity index (χ0) is 10.7. The molecule has 0 N–H and O–H groups in total. The second kappa shape index (κ2) is 4.73. The molecule has 0 radical (unpaired) electrons. The van der Waals surface area contributed by atoms with E-state index in [4.69, 9.17) is 0 Å². The number of halogens is 1. The zero-order valence-corrected chi connectivity index (χ0v) is 10.3. The predicted molar refractivity (Wildman–Crippen MR) is 59.4 cm³/mol. The molecule has 0 atom stereocenters. The fraction of sp³-hybridized carbons (Fsp3) is 0.600. The van der Waals surface area contributed by atoms with Crippen LogP contribution in [-0.4, -0.2) is 15.6 Å². The second-order valence-electron chi connectivity index (χ2n) is 3.58. The van der Waals surface area contributed by atoms with Gasteiger partial charge in [0.2, 0.25) is 0 Å². The van der Waals surface area contributed by atoms with Gasteiger partial charge in [-0.1, -0.05) is 20.8 Å². The van der Waals surface area contributed by atoms with Gasteiger partial charge in [0.05, 0.1) is 10.7 Å². The molecule has 1 heterocycles. The topological polar surface area (TPSA) is 34.9 Å². The van der Waals surface area contributed by atoms with Gasteiger partial charge in [-0.05, 0) is 22.4 Å². The summed E-state index contributed by atoms with van der Waals surface area (Å²) in [5.74, 6) is 0.154. The van der Waals surface area contributed by atoms with Crippen molar-refractivity contribution in [2.24, 2.45) is 5.92 Å². The van der Waals surface area contributed by atoms with E-state index in [2.05, 4.69) is 28.0 Å². The number of rotatable bonds is 4. The van der Waals surface area contributed by atoms with E-state index in [9.17, 15) is 4.79 Å². The number of aryl methyl sites for hydroxylation is 1. The number of carbonyl (C=O) groups excluding carboxylic acids is 1. The van der Waals surface area contributed by atoms with Crippen LogP contribution in [0.15, 0.2) is 10.7 Å². The summed E-state index contributed by atoms with van der Waals surface area (Å²) in [5.41, 5.74) is 0.696. The third-order valence-electron chi connectivity index (χ3n) is 1.99. The van der Waals surface area contributed by atoms with E-state index in [1.165, 1.54) is 0 Å². The van der Waals surface area contributed by atoms with Gasteiger partial charge in [-0.3, -0.25) is 9.48 Å². The van der Waals surface area contributed by atoms with Crippen molar-refractivity contribution in [1.29, 1.82) is 0 Å². The third-order valence-corrected chi connectivity index (χ3v) is 2.57. The van der Waals surface area contributed by atoms with Crippen LogP contribution in [0.4, 0.5) is 0 Å². The molecule has 0 saturated heterocycles. The van der Waals surface area contributed by atoms with E-state index in [0.29, 0.717) is 5.69 Å². The molecule has 3 nitrogen and oxygen atoms in total. The highest BCUT2D eigenvalue weighted by Gasteiger charge is 2.19. The molecule has 4 heteroatoms. The first-order chi connectivity index (χ1) is 6.57. The van der Waals surface area contributed by atoms with Crippen LogP contribution in [0.2, 0.25) is 0 Å². The average Bonchev–Trinajstić information content (AvgIpc) is 2.47. The number of hydrogen-bond acceptors (Lipinski definition) is 2. The zero-order valence-electron chi connectivity index (χ0n) is 8.75. The van der Waals surface area contributed by atoms with Crippen LogP contribution in [0.3, 0.4) is 0 Å². The van der Waals surface area contributed by atoms with E-state index < -0.39 is 0 Å². The van der Waals surface area contributed by atoms with E-state index in [-0.39, 0.29) is 11.7 Å². The lowest BCUT2D eigenvalue weighted by atomic mass is 10.1. The molecule has 0 aliphatic rings. The first-order valence-electron chi connectivity index (χ1n) is 4.83. The smallest absolute Gasteiger partial charge is 0.184 e. The summed E-state index contributed by atoms with van der Waals surface area (Å²) in [7, 11) is 0. The second-order valence-corrected chi connectivity index (χ2v) is 4.44. The van der Waals surface area contributed by atoms with Crippen LogP contribution < -0.4 is 0 Å². The van der Waals surface area contributed by atoms with Crippen molar-refractivity contribution >= 4 is 21.7 Å². The Morgan fingerprint density at radius 2 is 2.29 bits per heavy atom. The van der Waals surface area contributed by atoms with Crippen molar-refractivity contribution in [3.63, 3.8) is 0 Å². The van der Waals surface area contributed by atoms with Crippen molar-refractivity contribution in [2.45, 2.75) is 33.7 Å². The Morgan fingerprint density at radius 1 is 1.64 bits per heavy atom. The maximum atomic E-state index is 11.8. The quantitative estimate of drug-likeness (QED) is 0.779. The Balaban J connectivity index is 3.04. The van der Waals surface area contributed by atoms with Crippen LogP contribution in [0.25, 0.3) is 0 Å². The average molecular weight is 259 g/mol. The Bertz CT molecular complexity index is 331. The lowest BCUT2D eigenvalue weighted by Crippen LogP contribution is -2.15. The van der Waals surface area contributed by atoms with Gasteiger partial charge in [-0.2, -0.15) is 5.10 Å². The van der Waals surface area contributed by atoms with Gasteiger partial charge >= 0.3 is 0 Å². The van der Waals surface area contributed by atoms with Gasteiger partial charge in [0, 0.05) is 12.5 Å². The molecule has 1 rings (SSSR count). The Labute approximate surface area is 92.6 Å². The standard InChI is InChI=1S/C10H15BrN2O/c1-4-5-13-9(8(11)6-12-13)10(14)7(2)3/h6-7H,4-5H2,1-3H3. The lowest BCUT2D eigenvalue weighted by Gasteiger charge is -2.07. The van der Waals surface area contributed by atoms with Gasteiger partial charge < -0.3 is 0 Å². The van der Waals surface area contributed by atoms with Crippen LogP contribution in [0.1, 0.15) is 37.7 Å². The Morgan fingerprint density at radius 3 is 2.79 bits per heavy atom. The first-order valence-corrected chi connectivity index (χ1v) is 5.62. The largest absolute Gasteiger partial charge is 0.292 e. The first kappa shape index (κ1) is 11.4. The molecule has 14 heavy (non-hydrogen) atoms. The number of aromatic nitrogens is 2. The van der Waals surface area contributed by atoms with Gasteiger partial charge in [-0.15, -0.1) is 0 Å². The number of ketones is 1. The number of Topliss-reactive ketones (excluding diaryl/α,β-unsaturated/α-hetero) is 1. The molecule has 0 aliphatic heterocycles. The molecule has 1 aromatic rings. The van der Waals surface area contributed by atoms with Crippen molar-refractivity contribution < 1.29 is 4.79 Å². The highest BCUT2D eigenvalue weighted by Crippen LogP contribution is 2.19. The minimum absolute atomic E-state index is 0.0126. The van der Waals surface area contributed by atoms with Gasteiger partial charge in [0.15, 0.2) is 5.78 Å². The molecule has 0 spiro atoms. The lowest BCUT2D eigenvalue weighted by molar-refractivity contribution is 0.0927. The van der Waals surface area contributed by atoms with E-state index in [0.717, 1.165) is 17.4 Å². The Hall–Kier alpha value is -0.640. The predicted octanol–water partition coefficient (Wildman–Crippen LogP) is 2.89. The molecule has 0 bridgehead atoms. The minimum atomic E-state index is 0.0126. The molecule has 0 aliphatic carbocycles. The summed E-state index contributed by atoms with van der Waals surface area (Å²) in [5, 5.41) is 4.16. The molecule has 0 unspecified atom stereocenters. The highest BCUT2D eigenvalue weighted by molar-refractivity contribution is 9.10. The number of carbonyl (C=O) groups is 1. The molecule has 0 amide bonds. The molecule has 0 fully saturated rings. The monoisotopic (exact) mass is 258 g/mol. The SMILES string of the molecule is CCCn1ncc(Br)c1C(=O)C(C)C. The number of nitrogens with zero attached hydrogens (tertiary/aromatic N) is 2. The van der Waals surface area contributed by atoms with Crippen LogP contribution >= 0.6 is 15.9 Å². The van der Waals surface area contributed by atoms with Gasteiger partial charge in [-0.25, -0.2) is 0 Å². The summed E-state index contributed by atoms with van der Waals surface area (Å²) >= 11 is 3.35. The third kappa shape index (κ3) is 2.23.